The molecule has 3 rings (SSSR count). The Balaban J connectivity index is 1.93. The minimum Gasteiger partial charge on any atom is -0.595 e. The van der Waals surface area contributed by atoms with Gasteiger partial charge in [0.2, 0.25) is 0 Å². The van der Waals surface area contributed by atoms with Gasteiger partial charge in [-0.25, -0.2) is 5.21 Å². The smallest absolute Gasteiger partial charge is 0.189 e. The summed E-state index contributed by atoms with van der Waals surface area (Å²) in [6.07, 6.45) is 3.18. The van der Waals surface area contributed by atoms with Crippen LogP contribution in [0.5, 0.6) is 11.5 Å². The molecule has 2 aromatic carbocycles. The monoisotopic (exact) mass is 341 g/mol. The van der Waals surface area contributed by atoms with Crippen molar-refractivity contribution in [1.82, 2.24) is 0 Å². The summed E-state index contributed by atoms with van der Waals surface area (Å²) in [5.74, 6) is 1.11. The van der Waals surface area contributed by atoms with E-state index in [-0.39, 0.29) is 11.5 Å². The van der Waals surface area contributed by atoms with Gasteiger partial charge in [-0.2, -0.15) is 5.23 Å². The third kappa shape index (κ3) is 3.41. The Hall–Kier alpha value is -2.67. The van der Waals surface area contributed by atoms with Crippen LogP contribution in [0.3, 0.4) is 0 Å². The van der Waals surface area contributed by atoms with Crippen LogP contribution in [0, 0.1) is 5.21 Å². The first-order valence-electron chi connectivity index (χ1n) is 7.87. The number of benzene rings is 2. The summed E-state index contributed by atoms with van der Waals surface area (Å²) >= 11 is 0. The lowest BCUT2D eigenvalue weighted by molar-refractivity contribution is -0.991. The van der Waals surface area contributed by atoms with Crippen LogP contribution in [0.15, 0.2) is 42.0 Å². The number of aryl methyl sites for hydroxylation is 1. The molecule has 2 N–H and O–H groups in total. The van der Waals surface area contributed by atoms with Gasteiger partial charge >= 0.3 is 0 Å². The number of rotatable bonds is 4. The standard InChI is InChI=1S/C19H19NO5/c1-24-17-10-13-5-6-14(19(21)16(13)11-18(17)25-2)9-12-3-7-15(8-4-12)20(22)23/h3-4,7-11,20,22H,5-6H2,1-2H3/b14-9-. The number of allylic oxidation sites excluding steroid dienone is 1. The van der Waals surface area contributed by atoms with Gasteiger partial charge in [-0.3, -0.25) is 4.79 Å². The third-order valence-electron chi connectivity index (χ3n) is 4.31. The molecule has 6 nitrogen and oxygen atoms in total. The number of nitrogens with one attached hydrogen (secondary N) is 1. The van der Waals surface area contributed by atoms with Gasteiger partial charge in [0.25, 0.3) is 0 Å². The fraction of sp³-hybridized carbons (Fsp3) is 0.211. The third-order valence-corrected chi connectivity index (χ3v) is 4.31. The van der Waals surface area contributed by atoms with E-state index in [1.54, 1.807) is 25.3 Å². The Kier molecular flexibility index (Phi) is 4.85. The number of methoxy groups -OCH3 is 2. The van der Waals surface area contributed by atoms with E-state index in [9.17, 15) is 10.0 Å². The summed E-state index contributed by atoms with van der Waals surface area (Å²) in [6, 6.07) is 10.0. The van der Waals surface area contributed by atoms with E-state index >= 15 is 0 Å². The molecule has 1 atom stereocenters. The second-order valence-electron chi connectivity index (χ2n) is 5.79. The molecule has 0 saturated heterocycles. The second-order valence-corrected chi connectivity index (χ2v) is 5.79. The maximum Gasteiger partial charge on any atom is 0.189 e. The molecule has 0 aromatic heterocycles. The van der Waals surface area contributed by atoms with Gasteiger partial charge in [-0.15, -0.1) is 0 Å². The van der Waals surface area contributed by atoms with Gasteiger partial charge in [-0.05, 0) is 54.3 Å². The molecule has 2 aromatic rings. The van der Waals surface area contributed by atoms with E-state index in [1.807, 2.05) is 12.1 Å². The summed E-state index contributed by atoms with van der Waals surface area (Å²) in [6.45, 7) is 0. The van der Waals surface area contributed by atoms with Crippen LogP contribution in [0.25, 0.3) is 6.08 Å². The van der Waals surface area contributed by atoms with E-state index in [0.29, 0.717) is 29.1 Å². The normalized spacial score (nSPS) is 16.5. The van der Waals surface area contributed by atoms with Crippen molar-refractivity contribution in [3.63, 3.8) is 0 Å². The minimum atomic E-state index is -0.970. The van der Waals surface area contributed by atoms with Crippen molar-refractivity contribution in [1.29, 1.82) is 0 Å². The molecule has 1 aliphatic carbocycles. The Bertz CT molecular complexity index is 824. The topological polar surface area (TPSA) is 83.3 Å². The van der Waals surface area contributed by atoms with Crippen LogP contribution >= 0.6 is 0 Å². The molecule has 0 amide bonds. The largest absolute Gasteiger partial charge is 0.595 e. The molecule has 0 radical (unpaired) electrons. The molecule has 0 heterocycles. The van der Waals surface area contributed by atoms with Crippen molar-refractivity contribution in [2.24, 2.45) is 0 Å². The van der Waals surface area contributed by atoms with Gasteiger partial charge in [-0.1, -0.05) is 0 Å². The van der Waals surface area contributed by atoms with Crippen molar-refractivity contribution < 1.29 is 24.7 Å². The van der Waals surface area contributed by atoms with Gasteiger partial charge in [0.1, 0.15) is 0 Å². The van der Waals surface area contributed by atoms with Crippen LogP contribution in [0.2, 0.25) is 0 Å². The van der Waals surface area contributed by atoms with E-state index in [4.69, 9.17) is 14.7 Å². The molecule has 6 heteroatoms. The summed E-state index contributed by atoms with van der Waals surface area (Å²) in [7, 11) is 3.11. The lowest BCUT2D eigenvalue weighted by Gasteiger charge is -2.20. The molecule has 1 aliphatic rings. The number of carbonyl (C=O) groups is 1. The van der Waals surface area contributed by atoms with Gasteiger partial charge in [0, 0.05) is 23.3 Å². The molecular formula is C19H19NO5. The predicted molar refractivity (Wildman–Crippen MR) is 92.4 cm³/mol. The number of fused-ring (bicyclic) bond motifs is 1. The van der Waals surface area contributed by atoms with E-state index in [2.05, 4.69) is 0 Å². The van der Waals surface area contributed by atoms with E-state index < -0.39 is 5.23 Å². The molecule has 0 aliphatic heterocycles. The molecular weight excluding hydrogens is 322 g/mol. The van der Waals surface area contributed by atoms with Crippen LogP contribution < -0.4 is 14.7 Å². The van der Waals surface area contributed by atoms with Gasteiger partial charge < -0.3 is 14.7 Å². The fourth-order valence-electron chi connectivity index (χ4n) is 2.96. The zero-order chi connectivity index (χ0) is 18.0. The fourth-order valence-corrected chi connectivity index (χ4v) is 2.96. The number of Topliss-reactive ketones (excluding diaryl/α,β-unsaturated/α-hetero) is 1. The average Bonchev–Trinajstić information content (AvgIpc) is 2.63. The molecule has 25 heavy (non-hydrogen) atoms. The highest BCUT2D eigenvalue weighted by atomic mass is 16.8. The van der Waals surface area contributed by atoms with Crippen LogP contribution in [0.4, 0.5) is 5.69 Å². The number of carbonyl (C=O) groups excluding carboxylic acids is 1. The zero-order valence-corrected chi connectivity index (χ0v) is 14.0. The van der Waals surface area contributed by atoms with Crippen molar-refractivity contribution in [2.75, 3.05) is 14.2 Å². The summed E-state index contributed by atoms with van der Waals surface area (Å²) < 4.78 is 10.6. The van der Waals surface area contributed by atoms with Gasteiger partial charge in [0.15, 0.2) is 23.0 Å². The molecule has 130 valence electrons. The number of quaternary nitrogens is 1. The lowest BCUT2D eigenvalue weighted by Crippen LogP contribution is -2.99. The highest BCUT2D eigenvalue weighted by Gasteiger charge is 2.24. The molecule has 0 spiro atoms. The van der Waals surface area contributed by atoms with E-state index in [1.165, 1.54) is 19.2 Å². The second kappa shape index (κ2) is 7.06. The zero-order valence-electron chi connectivity index (χ0n) is 14.0. The Morgan fingerprint density at radius 3 is 2.32 bits per heavy atom. The van der Waals surface area contributed by atoms with Crippen LogP contribution in [-0.4, -0.2) is 25.2 Å². The Labute approximate surface area is 145 Å². The lowest BCUT2D eigenvalue weighted by atomic mass is 9.85. The van der Waals surface area contributed by atoms with Gasteiger partial charge in [0.05, 0.1) is 14.2 Å². The molecule has 0 saturated carbocycles. The number of ketones is 1. The summed E-state index contributed by atoms with van der Waals surface area (Å²) in [5.41, 5.74) is 3.29. The molecule has 0 bridgehead atoms. The summed E-state index contributed by atoms with van der Waals surface area (Å²) in [5, 5.41) is 18.9. The number of ether oxygens (including phenoxy) is 2. The number of hydrogen-bond donors (Lipinski definition) is 2. The highest BCUT2D eigenvalue weighted by molar-refractivity contribution is 6.13. The summed E-state index contributed by atoms with van der Waals surface area (Å²) in [4.78, 5) is 12.8. The van der Waals surface area contributed by atoms with Crippen LogP contribution in [0.1, 0.15) is 27.9 Å². The molecule has 0 fully saturated rings. The SMILES string of the molecule is COc1cc2c(cc1OC)C(=O)/C(=C\c1ccc([NH+]([O-])O)cc1)CC2. The average molecular weight is 341 g/mol. The van der Waals surface area contributed by atoms with Crippen LogP contribution in [-0.2, 0) is 6.42 Å². The maximum absolute atomic E-state index is 12.8. The quantitative estimate of drug-likeness (QED) is 0.659. The minimum absolute atomic E-state index is 0.0375. The Morgan fingerprint density at radius 1 is 1.08 bits per heavy atom. The van der Waals surface area contributed by atoms with E-state index in [0.717, 1.165) is 17.5 Å². The predicted octanol–water partition coefficient (Wildman–Crippen LogP) is 2.32. The first-order valence-corrected chi connectivity index (χ1v) is 7.87. The highest BCUT2D eigenvalue weighted by Crippen LogP contribution is 2.35. The van der Waals surface area contributed by atoms with Crippen molar-refractivity contribution in [3.05, 3.63) is 63.9 Å². The van der Waals surface area contributed by atoms with Crippen molar-refractivity contribution >= 4 is 17.5 Å². The van der Waals surface area contributed by atoms with Crippen molar-refractivity contribution in [3.8, 4) is 11.5 Å². The maximum atomic E-state index is 12.8. The van der Waals surface area contributed by atoms with Crippen molar-refractivity contribution in [2.45, 2.75) is 12.8 Å². The first kappa shape index (κ1) is 17.2. The first-order chi connectivity index (χ1) is 12.0. The Morgan fingerprint density at radius 2 is 1.72 bits per heavy atom. The number of hydrogen-bond acceptors (Lipinski definition) is 5. The molecule has 1 unspecified atom stereocenters.